The Morgan fingerprint density at radius 2 is 2.47 bits per heavy atom. The van der Waals surface area contributed by atoms with Gasteiger partial charge in [-0.15, -0.1) is 11.8 Å². The molecule has 0 fully saturated rings. The number of hydrogen-bond acceptors (Lipinski definition) is 3. The standard InChI is InChI=1S/C12H14N2S/c1-9-4-2-6-11-12(9)14-10(8-15-11)5-3-7-13/h2,4,6,10,14H,3,5,8H2,1H3. The van der Waals surface area contributed by atoms with Gasteiger partial charge in [-0.2, -0.15) is 5.26 Å². The molecule has 1 aromatic carbocycles. The largest absolute Gasteiger partial charge is 0.380 e. The van der Waals surface area contributed by atoms with Gasteiger partial charge in [-0.25, -0.2) is 0 Å². The number of nitrogens with one attached hydrogen (secondary N) is 1. The maximum absolute atomic E-state index is 8.56. The minimum Gasteiger partial charge on any atom is -0.380 e. The van der Waals surface area contributed by atoms with E-state index in [4.69, 9.17) is 5.26 Å². The maximum Gasteiger partial charge on any atom is 0.0622 e. The molecule has 2 nitrogen and oxygen atoms in total. The molecule has 15 heavy (non-hydrogen) atoms. The minimum atomic E-state index is 0.447. The lowest BCUT2D eigenvalue weighted by molar-refractivity contribution is 0.723. The van der Waals surface area contributed by atoms with Crippen molar-refractivity contribution in [1.82, 2.24) is 0 Å². The van der Waals surface area contributed by atoms with Gasteiger partial charge in [-0.05, 0) is 25.0 Å². The van der Waals surface area contributed by atoms with Crippen molar-refractivity contribution in [1.29, 1.82) is 5.26 Å². The van der Waals surface area contributed by atoms with Gasteiger partial charge in [0.25, 0.3) is 0 Å². The van der Waals surface area contributed by atoms with Crippen LogP contribution in [0.2, 0.25) is 0 Å². The Hall–Kier alpha value is -1.14. The summed E-state index contributed by atoms with van der Waals surface area (Å²) in [6.07, 6.45) is 1.58. The molecule has 1 aliphatic rings. The highest BCUT2D eigenvalue weighted by Gasteiger charge is 2.18. The Balaban J connectivity index is 2.12. The van der Waals surface area contributed by atoms with Crippen LogP contribution in [0.4, 0.5) is 5.69 Å². The zero-order valence-corrected chi connectivity index (χ0v) is 9.60. The highest BCUT2D eigenvalue weighted by molar-refractivity contribution is 7.99. The topological polar surface area (TPSA) is 35.8 Å². The summed E-state index contributed by atoms with van der Waals surface area (Å²) in [4.78, 5) is 1.34. The van der Waals surface area contributed by atoms with Crippen molar-refractivity contribution in [2.75, 3.05) is 11.1 Å². The third kappa shape index (κ3) is 2.27. The van der Waals surface area contributed by atoms with Crippen LogP contribution in [0.15, 0.2) is 23.1 Å². The van der Waals surface area contributed by atoms with Crippen LogP contribution in [0, 0.1) is 18.3 Å². The van der Waals surface area contributed by atoms with Gasteiger partial charge in [0, 0.05) is 23.1 Å². The zero-order valence-electron chi connectivity index (χ0n) is 8.79. The van der Waals surface area contributed by atoms with Crippen LogP contribution in [0.3, 0.4) is 0 Å². The van der Waals surface area contributed by atoms with Gasteiger partial charge in [0.1, 0.15) is 0 Å². The van der Waals surface area contributed by atoms with Crippen LogP contribution < -0.4 is 5.32 Å². The second-order valence-corrected chi connectivity index (χ2v) is 4.86. The average Bonchev–Trinajstić information content (AvgIpc) is 2.27. The number of thioether (sulfide) groups is 1. The van der Waals surface area contributed by atoms with Gasteiger partial charge in [-0.3, -0.25) is 0 Å². The number of fused-ring (bicyclic) bond motifs is 1. The maximum atomic E-state index is 8.56. The molecule has 1 aromatic rings. The summed E-state index contributed by atoms with van der Waals surface area (Å²) in [5, 5.41) is 12.1. The predicted octanol–water partition coefficient (Wildman–Crippen LogP) is 3.19. The summed E-state index contributed by atoms with van der Waals surface area (Å²) in [5.74, 6) is 1.07. The van der Waals surface area contributed by atoms with E-state index in [0.717, 1.165) is 12.2 Å². The Labute approximate surface area is 94.7 Å². The quantitative estimate of drug-likeness (QED) is 0.828. The van der Waals surface area contributed by atoms with Crippen molar-refractivity contribution in [2.24, 2.45) is 0 Å². The fourth-order valence-electron chi connectivity index (χ4n) is 1.78. The molecule has 0 aromatic heterocycles. The van der Waals surface area contributed by atoms with Crippen LogP contribution >= 0.6 is 11.8 Å². The zero-order chi connectivity index (χ0) is 10.7. The van der Waals surface area contributed by atoms with Crippen molar-refractivity contribution in [3.05, 3.63) is 23.8 Å². The average molecular weight is 218 g/mol. The fourth-order valence-corrected chi connectivity index (χ4v) is 2.95. The summed E-state index contributed by atoms with van der Waals surface area (Å²) in [6.45, 7) is 2.12. The first kappa shape index (κ1) is 10.4. The normalized spacial score (nSPS) is 18.8. The summed E-state index contributed by atoms with van der Waals surface area (Å²) in [7, 11) is 0. The van der Waals surface area contributed by atoms with Gasteiger partial charge in [-0.1, -0.05) is 12.1 Å². The Morgan fingerprint density at radius 1 is 1.60 bits per heavy atom. The molecule has 0 bridgehead atoms. The number of rotatable bonds is 2. The molecular formula is C12H14N2S. The first-order valence-electron chi connectivity index (χ1n) is 5.17. The number of aryl methyl sites for hydroxylation is 1. The van der Waals surface area contributed by atoms with E-state index in [1.54, 1.807) is 0 Å². The monoisotopic (exact) mass is 218 g/mol. The Kier molecular flexibility index (Phi) is 3.17. The SMILES string of the molecule is Cc1cccc2c1NC(CCC#N)CS2. The third-order valence-electron chi connectivity index (χ3n) is 2.63. The first-order chi connectivity index (χ1) is 7.31. The number of para-hydroxylation sites is 1. The molecule has 0 aliphatic carbocycles. The van der Waals surface area contributed by atoms with Crippen molar-refractivity contribution < 1.29 is 0 Å². The second kappa shape index (κ2) is 4.59. The van der Waals surface area contributed by atoms with E-state index < -0.39 is 0 Å². The Morgan fingerprint density at radius 3 is 3.27 bits per heavy atom. The first-order valence-corrected chi connectivity index (χ1v) is 6.15. The molecule has 1 unspecified atom stereocenters. The van der Waals surface area contributed by atoms with Crippen LogP contribution in [0.1, 0.15) is 18.4 Å². The van der Waals surface area contributed by atoms with Gasteiger partial charge in [0.2, 0.25) is 0 Å². The van der Waals surface area contributed by atoms with E-state index in [0.29, 0.717) is 12.5 Å². The van der Waals surface area contributed by atoms with Gasteiger partial charge in [0.05, 0.1) is 11.8 Å². The lowest BCUT2D eigenvalue weighted by Gasteiger charge is -2.27. The van der Waals surface area contributed by atoms with Crippen LogP contribution in [-0.2, 0) is 0 Å². The minimum absolute atomic E-state index is 0.447. The molecule has 1 heterocycles. The number of anilines is 1. The molecule has 2 rings (SSSR count). The lowest BCUT2D eigenvalue weighted by atomic mass is 10.1. The van der Waals surface area contributed by atoms with Crippen molar-refractivity contribution in [3.8, 4) is 6.07 Å². The second-order valence-electron chi connectivity index (χ2n) is 3.80. The number of nitrogens with zero attached hydrogens (tertiary/aromatic N) is 1. The summed E-state index contributed by atoms with van der Waals surface area (Å²) < 4.78 is 0. The lowest BCUT2D eigenvalue weighted by Crippen LogP contribution is -2.26. The smallest absolute Gasteiger partial charge is 0.0622 e. The third-order valence-corrected chi connectivity index (χ3v) is 3.85. The summed E-state index contributed by atoms with van der Waals surface area (Å²) in [6, 6.07) is 9.02. The summed E-state index contributed by atoms with van der Waals surface area (Å²) >= 11 is 1.89. The van der Waals surface area contributed by atoms with E-state index in [1.807, 2.05) is 11.8 Å². The predicted molar refractivity (Wildman–Crippen MR) is 64.2 cm³/mol. The number of hydrogen-bond donors (Lipinski definition) is 1. The molecule has 0 saturated carbocycles. The van der Waals surface area contributed by atoms with E-state index in [-0.39, 0.29) is 0 Å². The molecule has 0 amide bonds. The molecule has 78 valence electrons. The molecule has 1 aliphatic heterocycles. The van der Waals surface area contributed by atoms with Crippen molar-refractivity contribution in [3.63, 3.8) is 0 Å². The molecular weight excluding hydrogens is 204 g/mol. The van der Waals surface area contributed by atoms with E-state index >= 15 is 0 Å². The van der Waals surface area contributed by atoms with Crippen molar-refractivity contribution >= 4 is 17.4 Å². The fraction of sp³-hybridized carbons (Fsp3) is 0.417. The molecule has 1 atom stereocenters. The molecule has 0 saturated heterocycles. The van der Waals surface area contributed by atoms with Gasteiger partial charge < -0.3 is 5.32 Å². The van der Waals surface area contributed by atoms with E-state index in [1.165, 1.54) is 16.1 Å². The van der Waals surface area contributed by atoms with Crippen molar-refractivity contribution in [2.45, 2.75) is 30.7 Å². The van der Waals surface area contributed by atoms with Crippen LogP contribution in [0.5, 0.6) is 0 Å². The number of nitriles is 1. The molecule has 0 spiro atoms. The van der Waals surface area contributed by atoms with Gasteiger partial charge in [0.15, 0.2) is 0 Å². The Bertz CT molecular complexity index is 395. The highest BCUT2D eigenvalue weighted by Crippen LogP contribution is 2.36. The highest BCUT2D eigenvalue weighted by atomic mass is 32.2. The molecule has 0 radical (unpaired) electrons. The molecule has 3 heteroatoms. The van der Waals surface area contributed by atoms with Crippen LogP contribution in [0.25, 0.3) is 0 Å². The summed E-state index contributed by atoms with van der Waals surface area (Å²) in [5.41, 5.74) is 2.55. The van der Waals surface area contributed by atoms with Gasteiger partial charge >= 0.3 is 0 Å². The van der Waals surface area contributed by atoms with E-state index in [9.17, 15) is 0 Å². The van der Waals surface area contributed by atoms with E-state index in [2.05, 4.69) is 36.5 Å². The molecule has 1 N–H and O–H groups in total. The van der Waals surface area contributed by atoms with Crippen LogP contribution in [-0.4, -0.2) is 11.8 Å². The number of benzene rings is 1.